The molecule has 2 aromatic heterocycles. The molecule has 0 aliphatic heterocycles. The fraction of sp³-hybridized carbons (Fsp3) is 0.312. The number of nitrogens with one attached hydrogen (secondary N) is 3. The summed E-state index contributed by atoms with van der Waals surface area (Å²) in [6.45, 7) is 1.52. The van der Waals surface area contributed by atoms with Crippen molar-refractivity contribution in [2.45, 2.75) is 13.1 Å². The van der Waals surface area contributed by atoms with E-state index in [4.69, 9.17) is 9.15 Å². The molecule has 0 spiro atoms. The van der Waals surface area contributed by atoms with E-state index in [1.165, 1.54) is 25.3 Å². The van der Waals surface area contributed by atoms with Crippen LogP contribution in [-0.4, -0.2) is 37.6 Å². The number of carbonyl (C=O) groups excluding carboxylic acids is 3. The molecule has 0 bridgehead atoms. The van der Waals surface area contributed by atoms with Crippen molar-refractivity contribution < 1.29 is 36.7 Å². The Balaban J connectivity index is 1.92. The first-order chi connectivity index (χ1) is 13.2. The third-order valence-corrected chi connectivity index (χ3v) is 4.27. The topological polar surface area (TPSA) is 110 Å². The number of thiophene rings is 1. The van der Waals surface area contributed by atoms with Crippen LogP contribution in [0.25, 0.3) is 0 Å². The highest BCUT2D eigenvalue weighted by molar-refractivity contribution is 7.16. The van der Waals surface area contributed by atoms with Crippen LogP contribution in [0, 0.1) is 0 Å². The van der Waals surface area contributed by atoms with Gasteiger partial charge < -0.3 is 19.8 Å². The highest BCUT2D eigenvalue weighted by atomic mass is 32.1. The third kappa shape index (κ3) is 5.74. The number of halogens is 3. The summed E-state index contributed by atoms with van der Waals surface area (Å²) in [5, 5.41) is 6.74. The van der Waals surface area contributed by atoms with Crippen molar-refractivity contribution in [3.63, 3.8) is 0 Å². The average molecular weight is 419 g/mol. The molecule has 0 unspecified atom stereocenters. The molecule has 0 aliphatic rings. The molecule has 0 aromatic carbocycles. The second-order valence-corrected chi connectivity index (χ2v) is 6.24. The van der Waals surface area contributed by atoms with Gasteiger partial charge in [-0.3, -0.25) is 10.1 Å². The van der Waals surface area contributed by atoms with Crippen molar-refractivity contribution in [2.75, 3.05) is 25.0 Å². The lowest BCUT2D eigenvalue weighted by Gasteiger charge is -2.08. The second kappa shape index (κ2) is 9.26. The van der Waals surface area contributed by atoms with Gasteiger partial charge in [-0.05, 0) is 25.1 Å². The summed E-state index contributed by atoms with van der Waals surface area (Å²) in [4.78, 5) is 34.3. The Kier molecular flexibility index (Phi) is 7.04. The summed E-state index contributed by atoms with van der Waals surface area (Å²) in [7, 11) is 0. The van der Waals surface area contributed by atoms with Gasteiger partial charge in [0.05, 0.1) is 18.4 Å². The minimum absolute atomic E-state index is 0.00940. The van der Waals surface area contributed by atoms with E-state index in [-0.39, 0.29) is 47.4 Å². The Morgan fingerprint density at radius 1 is 1.21 bits per heavy atom. The number of urea groups is 1. The molecule has 0 saturated carbocycles. The Morgan fingerprint density at radius 3 is 2.54 bits per heavy atom. The Labute approximate surface area is 161 Å². The highest BCUT2D eigenvalue weighted by Gasteiger charge is 2.35. The summed E-state index contributed by atoms with van der Waals surface area (Å²) < 4.78 is 48.3. The molecular formula is C16H16F3N3O5S. The van der Waals surface area contributed by atoms with Gasteiger partial charge in [0.15, 0.2) is 5.76 Å². The quantitative estimate of drug-likeness (QED) is 0.472. The lowest BCUT2D eigenvalue weighted by atomic mass is 10.3. The smallest absolute Gasteiger partial charge is 0.425 e. The number of alkyl halides is 3. The zero-order valence-electron chi connectivity index (χ0n) is 14.5. The van der Waals surface area contributed by atoms with Gasteiger partial charge in [-0.25, -0.2) is 9.59 Å². The predicted octanol–water partition coefficient (Wildman–Crippen LogP) is 3.09. The monoisotopic (exact) mass is 419 g/mol. The molecule has 0 aliphatic carbocycles. The van der Waals surface area contributed by atoms with Crippen LogP contribution >= 0.6 is 11.3 Å². The van der Waals surface area contributed by atoms with E-state index in [0.29, 0.717) is 6.07 Å². The van der Waals surface area contributed by atoms with Gasteiger partial charge in [-0.1, -0.05) is 0 Å². The lowest BCUT2D eigenvalue weighted by Crippen LogP contribution is -2.36. The largest absolute Gasteiger partial charge is 0.462 e. The van der Waals surface area contributed by atoms with Crippen molar-refractivity contribution in [3.05, 3.63) is 40.7 Å². The number of esters is 1. The number of hydrogen-bond acceptors (Lipinski definition) is 6. The fourth-order valence-corrected chi connectivity index (χ4v) is 2.89. The first-order valence-electron chi connectivity index (χ1n) is 7.97. The number of hydrogen-bond donors (Lipinski definition) is 3. The predicted molar refractivity (Wildman–Crippen MR) is 93.3 cm³/mol. The van der Waals surface area contributed by atoms with E-state index in [1.54, 1.807) is 0 Å². The normalized spacial score (nSPS) is 11.0. The average Bonchev–Trinajstić information content (AvgIpc) is 3.28. The first-order valence-corrected chi connectivity index (χ1v) is 8.78. The molecular weight excluding hydrogens is 403 g/mol. The van der Waals surface area contributed by atoms with Crippen LogP contribution in [0.3, 0.4) is 0 Å². The molecule has 0 saturated heterocycles. The zero-order valence-corrected chi connectivity index (χ0v) is 15.3. The summed E-state index contributed by atoms with van der Waals surface area (Å²) in [5.41, 5.74) is -0.388. The molecule has 3 amide bonds. The molecule has 0 atom stereocenters. The molecule has 8 nitrogen and oxygen atoms in total. The molecule has 2 aromatic rings. The second-order valence-electron chi connectivity index (χ2n) is 5.19. The van der Waals surface area contributed by atoms with Crippen molar-refractivity contribution in [1.82, 2.24) is 10.6 Å². The van der Waals surface area contributed by atoms with Crippen molar-refractivity contribution in [3.8, 4) is 0 Å². The van der Waals surface area contributed by atoms with Crippen molar-refractivity contribution in [1.29, 1.82) is 0 Å². The van der Waals surface area contributed by atoms with Crippen LogP contribution in [0.1, 0.15) is 32.7 Å². The summed E-state index contributed by atoms with van der Waals surface area (Å²) in [6, 6.07) is 2.79. The molecule has 12 heteroatoms. The first kappa shape index (κ1) is 21.3. The molecule has 0 radical (unpaired) electrons. The summed E-state index contributed by atoms with van der Waals surface area (Å²) >= 11 is 0.211. The Bertz CT molecular complexity index is 833. The molecule has 28 heavy (non-hydrogen) atoms. The van der Waals surface area contributed by atoms with Crippen LogP contribution in [0.5, 0.6) is 0 Å². The van der Waals surface area contributed by atoms with Crippen molar-refractivity contribution in [2.24, 2.45) is 0 Å². The van der Waals surface area contributed by atoms with E-state index < -0.39 is 29.0 Å². The van der Waals surface area contributed by atoms with Gasteiger partial charge >= 0.3 is 18.2 Å². The molecule has 3 N–H and O–H groups in total. The summed E-state index contributed by atoms with van der Waals surface area (Å²) in [5.74, 6) is -1.36. The van der Waals surface area contributed by atoms with E-state index >= 15 is 0 Å². The number of furan rings is 1. The number of amides is 3. The van der Waals surface area contributed by atoms with E-state index in [2.05, 4.69) is 16.0 Å². The SMILES string of the molecule is CCOC(=O)c1cc(C(F)(F)F)sc1NC(=O)NCCNC(=O)c1ccco1. The van der Waals surface area contributed by atoms with E-state index in [9.17, 15) is 27.6 Å². The third-order valence-electron chi connectivity index (χ3n) is 3.17. The minimum atomic E-state index is -4.67. The molecule has 2 rings (SSSR count). The van der Waals surface area contributed by atoms with Crippen LogP contribution in [-0.2, 0) is 10.9 Å². The van der Waals surface area contributed by atoms with Crippen LogP contribution in [0.2, 0.25) is 0 Å². The van der Waals surface area contributed by atoms with E-state index in [1.807, 2.05) is 0 Å². The van der Waals surface area contributed by atoms with Crippen LogP contribution in [0.15, 0.2) is 28.9 Å². The van der Waals surface area contributed by atoms with Gasteiger partial charge in [-0.2, -0.15) is 13.2 Å². The minimum Gasteiger partial charge on any atom is -0.462 e. The fourth-order valence-electron chi connectivity index (χ4n) is 1.98. The zero-order chi connectivity index (χ0) is 20.7. The number of carbonyl (C=O) groups is 3. The highest BCUT2D eigenvalue weighted by Crippen LogP contribution is 2.39. The lowest BCUT2D eigenvalue weighted by molar-refractivity contribution is -0.134. The van der Waals surface area contributed by atoms with Gasteiger partial charge in [0.2, 0.25) is 0 Å². The number of rotatable bonds is 7. The van der Waals surface area contributed by atoms with E-state index in [0.717, 1.165) is 0 Å². The van der Waals surface area contributed by atoms with Crippen LogP contribution < -0.4 is 16.0 Å². The van der Waals surface area contributed by atoms with Gasteiger partial charge in [0.25, 0.3) is 5.91 Å². The van der Waals surface area contributed by atoms with Gasteiger partial charge in [-0.15, -0.1) is 11.3 Å². The maximum atomic E-state index is 12.9. The Morgan fingerprint density at radius 2 is 1.93 bits per heavy atom. The molecule has 2 heterocycles. The van der Waals surface area contributed by atoms with Gasteiger partial charge in [0, 0.05) is 13.1 Å². The maximum absolute atomic E-state index is 12.9. The number of anilines is 1. The Hall–Kier alpha value is -3.02. The standard InChI is InChI=1S/C16H16F3N3O5S/c1-2-26-14(24)9-8-11(16(17,18)19)28-13(9)22-15(25)21-6-5-20-12(23)10-4-3-7-27-10/h3-4,7-8H,2,5-6H2,1H3,(H,20,23)(H2,21,22,25). The number of ether oxygens (including phenoxy) is 1. The maximum Gasteiger partial charge on any atom is 0.425 e. The van der Waals surface area contributed by atoms with Crippen molar-refractivity contribution >= 4 is 34.2 Å². The molecule has 0 fully saturated rings. The summed E-state index contributed by atoms with van der Waals surface area (Å²) in [6.07, 6.45) is -3.34. The van der Waals surface area contributed by atoms with Crippen LogP contribution in [0.4, 0.5) is 23.0 Å². The molecule has 152 valence electrons. The van der Waals surface area contributed by atoms with Gasteiger partial charge in [0.1, 0.15) is 9.88 Å².